The fraction of sp³-hybridized carbons (Fsp3) is 0.250. The number of amides is 1. The molecule has 0 saturated carbocycles. The quantitative estimate of drug-likeness (QED) is 0.840. The van der Waals surface area contributed by atoms with Crippen LogP contribution >= 0.6 is 0 Å². The lowest BCUT2D eigenvalue weighted by atomic mass is 10.1. The summed E-state index contributed by atoms with van der Waals surface area (Å²) in [7, 11) is 0. The Bertz CT molecular complexity index is 691. The van der Waals surface area contributed by atoms with Crippen LogP contribution in [0.15, 0.2) is 60.7 Å². The highest BCUT2D eigenvalue weighted by molar-refractivity contribution is 5.69. The molecule has 1 N–H and O–H groups in total. The molecule has 3 heteroatoms. The third kappa shape index (κ3) is 5.88. The number of hydrogen-bond acceptors (Lipinski definition) is 2. The molecule has 0 aromatic heterocycles. The molecule has 0 fully saturated rings. The summed E-state index contributed by atoms with van der Waals surface area (Å²) in [5.74, 6) is 6.20. The molecule has 2 aromatic carbocycles. The van der Waals surface area contributed by atoms with Gasteiger partial charge in [-0.15, -0.1) is 0 Å². The van der Waals surface area contributed by atoms with Gasteiger partial charge in [-0.2, -0.15) is 0 Å². The van der Waals surface area contributed by atoms with Crippen molar-refractivity contribution in [2.75, 3.05) is 0 Å². The van der Waals surface area contributed by atoms with Gasteiger partial charge in [-0.1, -0.05) is 60.4 Å². The average Bonchev–Trinajstić information content (AvgIpc) is 2.51. The average molecular weight is 307 g/mol. The molecule has 2 rings (SSSR count). The molecule has 0 aliphatic rings. The highest BCUT2D eigenvalue weighted by Crippen LogP contribution is 2.14. The maximum absolute atomic E-state index is 12.1. The summed E-state index contributed by atoms with van der Waals surface area (Å²) in [6, 6.07) is 18.9. The number of nitrogens with one attached hydrogen (secondary N) is 1. The van der Waals surface area contributed by atoms with Gasteiger partial charge in [0.15, 0.2) is 0 Å². The molecule has 0 spiro atoms. The van der Waals surface area contributed by atoms with E-state index in [1.165, 1.54) is 0 Å². The Labute approximate surface area is 137 Å². The van der Waals surface area contributed by atoms with E-state index < -0.39 is 17.7 Å². The third-order valence-corrected chi connectivity index (χ3v) is 2.93. The van der Waals surface area contributed by atoms with E-state index in [0.29, 0.717) is 0 Å². The maximum Gasteiger partial charge on any atom is 0.408 e. The molecule has 0 heterocycles. The van der Waals surface area contributed by atoms with E-state index in [-0.39, 0.29) is 0 Å². The molecule has 1 unspecified atom stereocenters. The van der Waals surface area contributed by atoms with Crippen LogP contribution in [0.5, 0.6) is 0 Å². The first-order valence-electron chi connectivity index (χ1n) is 7.55. The van der Waals surface area contributed by atoms with Crippen molar-refractivity contribution in [2.24, 2.45) is 0 Å². The van der Waals surface area contributed by atoms with Crippen LogP contribution in [0, 0.1) is 11.8 Å². The molecular formula is C20H21NO2. The highest BCUT2D eigenvalue weighted by Gasteiger charge is 2.19. The largest absolute Gasteiger partial charge is 0.444 e. The minimum atomic E-state index is -0.543. The van der Waals surface area contributed by atoms with Crippen molar-refractivity contribution in [3.05, 3.63) is 71.8 Å². The van der Waals surface area contributed by atoms with Crippen LogP contribution in [-0.4, -0.2) is 11.7 Å². The van der Waals surface area contributed by atoms with E-state index in [9.17, 15) is 4.79 Å². The van der Waals surface area contributed by atoms with Crippen LogP contribution in [0.1, 0.15) is 37.9 Å². The number of alkyl carbamates (subject to hydrolysis) is 1. The van der Waals surface area contributed by atoms with Gasteiger partial charge in [-0.3, -0.25) is 0 Å². The second kappa shape index (κ2) is 7.51. The van der Waals surface area contributed by atoms with Crippen molar-refractivity contribution in [3.63, 3.8) is 0 Å². The Kier molecular flexibility index (Phi) is 5.43. The van der Waals surface area contributed by atoms with Crippen molar-refractivity contribution in [2.45, 2.75) is 32.4 Å². The lowest BCUT2D eigenvalue weighted by Crippen LogP contribution is -2.34. The SMILES string of the molecule is CC(C)(C)OC(=O)NC(C#Cc1ccccc1)c1ccccc1. The monoisotopic (exact) mass is 307 g/mol. The fourth-order valence-corrected chi connectivity index (χ4v) is 1.95. The van der Waals surface area contributed by atoms with Gasteiger partial charge in [-0.25, -0.2) is 4.79 Å². The van der Waals surface area contributed by atoms with E-state index in [1.807, 2.05) is 81.4 Å². The molecule has 0 radical (unpaired) electrons. The zero-order valence-corrected chi connectivity index (χ0v) is 13.7. The first kappa shape index (κ1) is 16.6. The number of ether oxygens (including phenoxy) is 1. The van der Waals surface area contributed by atoms with Crippen LogP contribution in [0.3, 0.4) is 0 Å². The number of rotatable bonds is 2. The Hall–Kier alpha value is -2.73. The van der Waals surface area contributed by atoms with Crippen molar-refractivity contribution in [1.29, 1.82) is 0 Å². The Balaban J connectivity index is 2.20. The van der Waals surface area contributed by atoms with Crippen LogP contribution in [0.4, 0.5) is 4.79 Å². The smallest absolute Gasteiger partial charge is 0.408 e. The van der Waals surface area contributed by atoms with Gasteiger partial charge in [0.25, 0.3) is 0 Å². The number of hydrogen-bond donors (Lipinski definition) is 1. The Morgan fingerprint density at radius 3 is 2.13 bits per heavy atom. The van der Waals surface area contributed by atoms with Gasteiger partial charge in [-0.05, 0) is 38.5 Å². The summed E-state index contributed by atoms with van der Waals surface area (Å²) in [4.78, 5) is 12.1. The van der Waals surface area contributed by atoms with E-state index in [0.717, 1.165) is 11.1 Å². The summed E-state index contributed by atoms with van der Waals surface area (Å²) in [6.07, 6.45) is -0.478. The first-order valence-corrected chi connectivity index (χ1v) is 7.55. The van der Waals surface area contributed by atoms with Crippen LogP contribution in [0.2, 0.25) is 0 Å². The molecule has 118 valence electrons. The molecule has 23 heavy (non-hydrogen) atoms. The summed E-state index contributed by atoms with van der Waals surface area (Å²) in [5, 5.41) is 2.83. The Morgan fingerprint density at radius 1 is 1.00 bits per heavy atom. The molecule has 0 aliphatic carbocycles. The van der Waals surface area contributed by atoms with Crippen molar-refractivity contribution >= 4 is 6.09 Å². The van der Waals surface area contributed by atoms with E-state index >= 15 is 0 Å². The predicted octanol–water partition coefficient (Wildman–Crippen LogP) is 4.30. The number of carbonyl (C=O) groups excluding carboxylic acids is 1. The normalized spacial score (nSPS) is 11.8. The predicted molar refractivity (Wildman–Crippen MR) is 91.9 cm³/mol. The minimum absolute atomic E-state index is 0.425. The van der Waals surface area contributed by atoms with E-state index in [2.05, 4.69) is 17.2 Å². The Morgan fingerprint density at radius 2 is 1.57 bits per heavy atom. The van der Waals surface area contributed by atoms with Crippen LogP contribution < -0.4 is 5.32 Å². The lowest BCUT2D eigenvalue weighted by Gasteiger charge is -2.21. The summed E-state index contributed by atoms with van der Waals surface area (Å²) in [5.41, 5.74) is 1.28. The standard InChI is InChI=1S/C20H21NO2/c1-20(2,3)23-19(22)21-18(17-12-8-5-9-13-17)15-14-16-10-6-4-7-11-16/h4-13,18H,1-3H3,(H,21,22). The number of carbonyl (C=O) groups is 1. The second-order valence-corrected chi connectivity index (χ2v) is 6.13. The van der Waals surface area contributed by atoms with Crippen LogP contribution in [0.25, 0.3) is 0 Å². The summed E-state index contributed by atoms with van der Waals surface area (Å²) in [6.45, 7) is 5.50. The zero-order valence-electron chi connectivity index (χ0n) is 13.7. The van der Waals surface area contributed by atoms with E-state index in [1.54, 1.807) is 0 Å². The first-order chi connectivity index (χ1) is 10.9. The van der Waals surface area contributed by atoms with Crippen molar-refractivity contribution in [3.8, 4) is 11.8 Å². The molecule has 3 nitrogen and oxygen atoms in total. The molecule has 2 aromatic rings. The summed E-state index contributed by atoms with van der Waals surface area (Å²) >= 11 is 0. The molecular weight excluding hydrogens is 286 g/mol. The van der Waals surface area contributed by atoms with Crippen LogP contribution in [-0.2, 0) is 4.74 Å². The minimum Gasteiger partial charge on any atom is -0.444 e. The zero-order chi connectivity index (χ0) is 16.7. The topological polar surface area (TPSA) is 38.3 Å². The molecule has 0 aliphatic heterocycles. The summed E-state index contributed by atoms with van der Waals surface area (Å²) < 4.78 is 5.32. The van der Waals surface area contributed by atoms with Gasteiger partial charge >= 0.3 is 6.09 Å². The van der Waals surface area contributed by atoms with Gasteiger partial charge in [0.05, 0.1) is 0 Å². The maximum atomic E-state index is 12.1. The third-order valence-electron chi connectivity index (χ3n) is 2.93. The molecule has 1 atom stereocenters. The van der Waals surface area contributed by atoms with E-state index in [4.69, 9.17) is 4.74 Å². The highest BCUT2D eigenvalue weighted by atomic mass is 16.6. The fourth-order valence-electron chi connectivity index (χ4n) is 1.95. The molecule has 0 bridgehead atoms. The molecule has 0 saturated heterocycles. The second-order valence-electron chi connectivity index (χ2n) is 6.13. The van der Waals surface area contributed by atoms with Gasteiger partial charge in [0.2, 0.25) is 0 Å². The lowest BCUT2D eigenvalue weighted by molar-refractivity contribution is 0.0516. The van der Waals surface area contributed by atoms with Crippen molar-refractivity contribution < 1.29 is 9.53 Å². The number of benzene rings is 2. The van der Waals surface area contributed by atoms with Crippen molar-refractivity contribution in [1.82, 2.24) is 5.32 Å². The molecule has 1 amide bonds. The van der Waals surface area contributed by atoms with Gasteiger partial charge in [0, 0.05) is 5.56 Å². The van der Waals surface area contributed by atoms with Gasteiger partial charge in [0.1, 0.15) is 11.6 Å². The van der Waals surface area contributed by atoms with Gasteiger partial charge < -0.3 is 10.1 Å².